The first-order valence-corrected chi connectivity index (χ1v) is 6.06. The van der Waals surface area contributed by atoms with Crippen LogP contribution in [-0.4, -0.2) is 23.1 Å². The molecule has 1 fully saturated rings. The molecule has 98 valence electrons. The highest BCUT2D eigenvalue weighted by molar-refractivity contribution is 5.65. The first-order valence-electron chi connectivity index (χ1n) is 6.06. The van der Waals surface area contributed by atoms with Gasteiger partial charge in [0, 0.05) is 19.2 Å². The Morgan fingerprint density at radius 2 is 2.22 bits per heavy atom. The van der Waals surface area contributed by atoms with E-state index in [9.17, 15) is 10.1 Å². The van der Waals surface area contributed by atoms with E-state index >= 15 is 0 Å². The predicted molar refractivity (Wildman–Crippen MR) is 69.6 cm³/mol. The summed E-state index contributed by atoms with van der Waals surface area (Å²) in [7, 11) is 0. The predicted octanol–water partition coefficient (Wildman–Crippen LogP) is 2.32. The molecular weight excluding hydrogens is 232 g/mol. The lowest BCUT2D eigenvalue weighted by Crippen LogP contribution is -2.23. The SMILES string of the molecule is CC1(C)CCN(c2cc(CO)ccc2[N+](=O)[O-])C1. The number of anilines is 1. The first kappa shape index (κ1) is 12.8. The van der Waals surface area contributed by atoms with E-state index in [4.69, 9.17) is 5.11 Å². The highest BCUT2D eigenvalue weighted by atomic mass is 16.6. The van der Waals surface area contributed by atoms with Crippen LogP contribution in [0, 0.1) is 15.5 Å². The van der Waals surface area contributed by atoms with Crippen LogP contribution in [0.25, 0.3) is 0 Å². The molecule has 1 heterocycles. The van der Waals surface area contributed by atoms with Crippen molar-refractivity contribution in [2.75, 3.05) is 18.0 Å². The molecule has 18 heavy (non-hydrogen) atoms. The summed E-state index contributed by atoms with van der Waals surface area (Å²) >= 11 is 0. The van der Waals surface area contributed by atoms with Gasteiger partial charge in [-0.05, 0) is 29.5 Å². The second-order valence-electron chi connectivity index (χ2n) is 5.57. The standard InChI is InChI=1S/C13H18N2O3/c1-13(2)5-6-14(9-13)12-7-10(8-16)3-4-11(12)15(17)18/h3-4,7,16H,5-6,8-9H2,1-2H3. The zero-order chi connectivity index (χ0) is 13.3. The molecule has 1 aliphatic rings. The van der Waals surface area contributed by atoms with E-state index in [1.165, 1.54) is 6.07 Å². The lowest BCUT2D eigenvalue weighted by Gasteiger charge is -2.21. The van der Waals surface area contributed by atoms with E-state index in [2.05, 4.69) is 13.8 Å². The van der Waals surface area contributed by atoms with Gasteiger partial charge in [-0.3, -0.25) is 10.1 Å². The van der Waals surface area contributed by atoms with Crippen molar-refractivity contribution in [2.45, 2.75) is 26.9 Å². The van der Waals surface area contributed by atoms with Gasteiger partial charge in [-0.25, -0.2) is 0 Å². The third kappa shape index (κ3) is 2.46. The van der Waals surface area contributed by atoms with Crippen LogP contribution >= 0.6 is 0 Å². The van der Waals surface area contributed by atoms with Gasteiger partial charge in [-0.15, -0.1) is 0 Å². The second kappa shape index (κ2) is 4.57. The molecule has 0 spiro atoms. The van der Waals surface area contributed by atoms with Gasteiger partial charge in [0.1, 0.15) is 5.69 Å². The van der Waals surface area contributed by atoms with E-state index in [-0.39, 0.29) is 22.6 Å². The second-order valence-corrected chi connectivity index (χ2v) is 5.57. The van der Waals surface area contributed by atoms with Crippen molar-refractivity contribution in [1.82, 2.24) is 0 Å². The Balaban J connectivity index is 2.38. The van der Waals surface area contributed by atoms with Gasteiger partial charge in [-0.2, -0.15) is 0 Å². The van der Waals surface area contributed by atoms with Gasteiger partial charge in [0.25, 0.3) is 5.69 Å². The maximum Gasteiger partial charge on any atom is 0.292 e. The number of nitro groups is 1. The van der Waals surface area contributed by atoms with E-state index in [0.717, 1.165) is 19.5 Å². The number of hydrogen-bond acceptors (Lipinski definition) is 4. The quantitative estimate of drug-likeness (QED) is 0.660. The summed E-state index contributed by atoms with van der Waals surface area (Å²) in [5.74, 6) is 0. The van der Waals surface area contributed by atoms with Gasteiger partial charge in [-0.1, -0.05) is 13.8 Å². The number of aliphatic hydroxyl groups is 1. The molecule has 0 unspecified atom stereocenters. The number of nitro benzene ring substituents is 1. The highest BCUT2D eigenvalue weighted by Gasteiger charge is 2.32. The highest BCUT2D eigenvalue weighted by Crippen LogP contribution is 2.37. The normalized spacial score (nSPS) is 18.1. The van der Waals surface area contributed by atoms with Crippen molar-refractivity contribution in [3.63, 3.8) is 0 Å². The minimum absolute atomic E-state index is 0.0950. The number of rotatable bonds is 3. The fourth-order valence-corrected chi connectivity index (χ4v) is 2.39. The van der Waals surface area contributed by atoms with Crippen LogP contribution in [0.1, 0.15) is 25.8 Å². The molecule has 1 aliphatic heterocycles. The van der Waals surface area contributed by atoms with Crippen molar-refractivity contribution in [1.29, 1.82) is 0 Å². The van der Waals surface area contributed by atoms with Gasteiger partial charge in [0.2, 0.25) is 0 Å². The lowest BCUT2D eigenvalue weighted by molar-refractivity contribution is -0.384. The fourth-order valence-electron chi connectivity index (χ4n) is 2.39. The summed E-state index contributed by atoms with van der Waals surface area (Å²) in [6, 6.07) is 4.80. The molecule has 0 aliphatic carbocycles. The summed E-state index contributed by atoms with van der Waals surface area (Å²) in [5.41, 5.74) is 1.63. The summed E-state index contributed by atoms with van der Waals surface area (Å²) in [6.07, 6.45) is 1.02. The molecule has 1 aromatic carbocycles. The molecule has 0 radical (unpaired) electrons. The Morgan fingerprint density at radius 3 is 2.72 bits per heavy atom. The molecule has 1 saturated heterocycles. The molecule has 1 aromatic rings. The Bertz CT molecular complexity index is 471. The summed E-state index contributed by atoms with van der Waals surface area (Å²) < 4.78 is 0. The van der Waals surface area contributed by atoms with Gasteiger partial charge < -0.3 is 10.0 Å². The van der Waals surface area contributed by atoms with Crippen LogP contribution in [0.15, 0.2) is 18.2 Å². The van der Waals surface area contributed by atoms with Gasteiger partial charge >= 0.3 is 0 Å². The van der Waals surface area contributed by atoms with Crippen molar-refractivity contribution in [3.8, 4) is 0 Å². The average molecular weight is 250 g/mol. The third-order valence-electron chi connectivity index (χ3n) is 3.44. The summed E-state index contributed by atoms with van der Waals surface area (Å²) in [5, 5.41) is 20.2. The fraction of sp³-hybridized carbons (Fsp3) is 0.538. The molecule has 5 heteroatoms. The van der Waals surface area contributed by atoms with E-state index < -0.39 is 0 Å². The van der Waals surface area contributed by atoms with Crippen molar-refractivity contribution < 1.29 is 10.0 Å². The van der Waals surface area contributed by atoms with Crippen molar-refractivity contribution in [2.24, 2.45) is 5.41 Å². The molecule has 0 amide bonds. The Morgan fingerprint density at radius 1 is 1.50 bits per heavy atom. The third-order valence-corrected chi connectivity index (χ3v) is 3.44. The molecule has 0 atom stereocenters. The zero-order valence-corrected chi connectivity index (χ0v) is 10.7. The van der Waals surface area contributed by atoms with Crippen LogP contribution < -0.4 is 4.90 Å². The monoisotopic (exact) mass is 250 g/mol. The number of nitrogens with zero attached hydrogens (tertiary/aromatic N) is 2. The Labute approximate surface area is 106 Å². The minimum Gasteiger partial charge on any atom is -0.392 e. The average Bonchev–Trinajstić information content (AvgIpc) is 2.68. The van der Waals surface area contributed by atoms with Crippen LogP contribution in [0.2, 0.25) is 0 Å². The van der Waals surface area contributed by atoms with Crippen molar-refractivity contribution in [3.05, 3.63) is 33.9 Å². The van der Waals surface area contributed by atoms with Crippen LogP contribution in [0.4, 0.5) is 11.4 Å². The maximum absolute atomic E-state index is 11.1. The minimum atomic E-state index is -0.359. The maximum atomic E-state index is 11.1. The van der Waals surface area contributed by atoms with Crippen LogP contribution in [0.5, 0.6) is 0 Å². The molecule has 1 N–H and O–H groups in total. The topological polar surface area (TPSA) is 66.6 Å². The number of hydrogen-bond donors (Lipinski definition) is 1. The lowest BCUT2D eigenvalue weighted by atomic mass is 9.93. The first-order chi connectivity index (χ1) is 8.43. The zero-order valence-electron chi connectivity index (χ0n) is 10.7. The van der Waals surface area contributed by atoms with Crippen LogP contribution in [-0.2, 0) is 6.61 Å². The van der Waals surface area contributed by atoms with Gasteiger partial charge in [0.15, 0.2) is 0 Å². The molecule has 0 saturated carbocycles. The molecule has 2 rings (SSSR count). The van der Waals surface area contributed by atoms with E-state index in [1.807, 2.05) is 4.90 Å². The molecular formula is C13H18N2O3. The molecule has 0 bridgehead atoms. The van der Waals surface area contributed by atoms with Crippen LogP contribution in [0.3, 0.4) is 0 Å². The smallest absolute Gasteiger partial charge is 0.292 e. The number of benzene rings is 1. The summed E-state index contributed by atoms with van der Waals surface area (Å²) in [6.45, 7) is 5.86. The van der Waals surface area contributed by atoms with E-state index in [0.29, 0.717) is 11.3 Å². The largest absolute Gasteiger partial charge is 0.392 e. The Kier molecular flexibility index (Phi) is 3.26. The number of aliphatic hydroxyl groups excluding tert-OH is 1. The van der Waals surface area contributed by atoms with Gasteiger partial charge in [0.05, 0.1) is 11.5 Å². The summed E-state index contributed by atoms with van der Waals surface area (Å²) in [4.78, 5) is 12.7. The Hall–Kier alpha value is -1.62. The molecule has 0 aromatic heterocycles. The van der Waals surface area contributed by atoms with Crippen molar-refractivity contribution >= 4 is 11.4 Å². The van der Waals surface area contributed by atoms with E-state index in [1.54, 1.807) is 12.1 Å². The molecule has 5 nitrogen and oxygen atoms in total.